The van der Waals surface area contributed by atoms with Crippen LogP contribution in [0.4, 0.5) is 5.69 Å². The van der Waals surface area contributed by atoms with E-state index in [2.05, 4.69) is 10.3 Å². The molecule has 1 aromatic carbocycles. The molecule has 0 saturated heterocycles. The van der Waals surface area contributed by atoms with Crippen molar-refractivity contribution in [1.82, 2.24) is 4.98 Å². The highest BCUT2D eigenvalue weighted by atomic mass is 16.1. The summed E-state index contributed by atoms with van der Waals surface area (Å²) in [6, 6.07) is 9.75. The maximum absolute atomic E-state index is 11.8. The maximum Gasteiger partial charge on any atom is 0.224 e. The van der Waals surface area contributed by atoms with Crippen LogP contribution in [-0.2, 0) is 4.79 Å². The molecule has 0 saturated carbocycles. The molecule has 0 atom stereocenters. The summed E-state index contributed by atoms with van der Waals surface area (Å²) in [5, 5.41) is 3.94. The topological polar surface area (TPSA) is 42.0 Å². The van der Waals surface area contributed by atoms with Gasteiger partial charge in [-0.15, -0.1) is 0 Å². The smallest absolute Gasteiger partial charge is 0.224 e. The molecule has 1 aromatic heterocycles. The van der Waals surface area contributed by atoms with Gasteiger partial charge in [-0.25, -0.2) is 0 Å². The first-order chi connectivity index (χ1) is 8.56. The van der Waals surface area contributed by atoms with E-state index in [1.54, 1.807) is 0 Å². The summed E-state index contributed by atoms with van der Waals surface area (Å²) in [6.45, 7) is 6.03. The van der Waals surface area contributed by atoms with Crippen LogP contribution in [0.2, 0.25) is 0 Å². The number of carbonyl (C=O) groups excluding carboxylic acids is 1. The highest BCUT2D eigenvalue weighted by Gasteiger charge is 2.08. The van der Waals surface area contributed by atoms with E-state index in [9.17, 15) is 4.79 Å². The Morgan fingerprint density at radius 1 is 1.28 bits per heavy atom. The number of rotatable bonds is 3. The van der Waals surface area contributed by atoms with Crippen molar-refractivity contribution in [3.63, 3.8) is 0 Å². The number of aryl methyl sites for hydroxylation is 1. The average molecular weight is 242 g/mol. The monoisotopic (exact) mass is 242 g/mol. The van der Waals surface area contributed by atoms with Gasteiger partial charge >= 0.3 is 0 Å². The fourth-order valence-corrected chi connectivity index (χ4v) is 1.94. The second-order valence-electron chi connectivity index (χ2n) is 4.97. The van der Waals surface area contributed by atoms with Crippen molar-refractivity contribution < 1.29 is 4.79 Å². The fraction of sp³-hybridized carbons (Fsp3) is 0.333. The molecule has 0 radical (unpaired) electrons. The van der Waals surface area contributed by atoms with Crippen LogP contribution in [0.3, 0.4) is 0 Å². The van der Waals surface area contributed by atoms with Crippen LogP contribution in [0.15, 0.2) is 30.3 Å². The molecule has 3 nitrogen and oxygen atoms in total. The predicted molar refractivity (Wildman–Crippen MR) is 74.6 cm³/mol. The van der Waals surface area contributed by atoms with Crippen molar-refractivity contribution in [3.05, 3.63) is 36.0 Å². The van der Waals surface area contributed by atoms with Crippen molar-refractivity contribution in [3.8, 4) is 0 Å². The molecule has 0 aliphatic heterocycles. The van der Waals surface area contributed by atoms with Gasteiger partial charge in [0.05, 0.1) is 11.2 Å². The Kier molecular flexibility index (Phi) is 3.60. The number of nitrogens with one attached hydrogen (secondary N) is 1. The number of nitrogens with zero attached hydrogens (tertiary/aromatic N) is 1. The van der Waals surface area contributed by atoms with Crippen molar-refractivity contribution >= 4 is 22.5 Å². The molecule has 0 unspecified atom stereocenters. The number of aromatic nitrogens is 1. The van der Waals surface area contributed by atoms with E-state index >= 15 is 0 Å². The molecule has 1 heterocycles. The number of fused-ring (bicyclic) bond motifs is 1. The number of pyridine rings is 1. The van der Waals surface area contributed by atoms with Gasteiger partial charge in [0, 0.05) is 17.5 Å². The van der Waals surface area contributed by atoms with E-state index < -0.39 is 0 Å². The number of hydrogen-bond donors (Lipinski definition) is 1. The first-order valence-corrected chi connectivity index (χ1v) is 6.22. The quantitative estimate of drug-likeness (QED) is 0.894. The third-order valence-electron chi connectivity index (χ3n) is 2.74. The molecule has 1 N–H and O–H groups in total. The zero-order valence-electron chi connectivity index (χ0n) is 11.0. The lowest BCUT2D eigenvalue weighted by Gasteiger charge is -2.10. The molecule has 1 amide bonds. The predicted octanol–water partition coefficient (Wildman–Crippen LogP) is 3.53. The first kappa shape index (κ1) is 12.6. The summed E-state index contributed by atoms with van der Waals surface area (Å²) < 4.78 is 0. The third-order valence-corrected chi connectivity index (χ3v) is 2.74. The Bertz CT molecular complexity index is 576. The molecule has 0 aliphatic rings. The largest absolute Gasteiger partial charge is 0.325 e. The van der Waals surface area contributed by atoms with Crippen LogP contribution in [0.5, 0.6) is 0 Å². The van der Waals surface area contributed by atoms with Crippen LogP contribution < -0.4 is 5.32 Å². The summed E-state index contributed by atoms with van der Waals surface area (Å²) in [4.78, 5) is 16.3. The molecule has 3 heteroatoms. The van der Waals surface area contributed by atoms with Gasteiger partial charge in [-0.2, -0.15) is 0 Å². The number of anilines is 1. The molecule has 2 rings (SSSR count). The number of benzene rings is 1. The Morgan fingerprint density at radius 2 is 2.06 bits per heavy atom. The highest BCUT2D eigenvalue weighted by molar-refractivity contribution is 6.01. The van der Waals surface area contributed by atoms with E-state index in [-0.39, 0.29) is 5.91 Å². The van der Waals surface area contributed by atoms with Gasteiger partial charge in [0.2, 0.25) is 5.91 Å². The van der Waals surface area contributed by atoms with E-state index in [1.807, 2.05) is 51.1 Å². The van der Waals surface area contributed by atoms with Gasteiger partial charge in [-0.1, -0.05) is 19.9 Å². The second-order valence-corrected chi connectivity index (χ2v) is 4.97. The molecule has 18 heavy (non-hydrogen) atoms. The minimum absolute atomic E-state index is 0.0538. The van der Waals surface area contributed by atoms with Crippen LogP contribution in [0.25, 0.3) is 10.9 Å². The van der Waals surface area contributed by atoms with E-state index in [0.29, 0.717) is 12.3 Å². The normalized spacial score (nSPS) is 10.9. The number of amides is 1. The molecule has 0 fully saturated rings. The zero-order chi connectivity index (χ0) is 13.1. The lowest BCUT2D eigenvalue weighted by Crippen LogP contribution is -2.14. The molecular formula is C15H18N2O. The lowest BCUT2D eigenvalue weighted by atomic mass is 10.1. The van der Waals surface area contributed by atoms with Crippen LogP contribution in [0, 0.1) is 12.8 Å². The molecule has 0 spiro atoms. The van der Waals surface area contributed by atoms with Crippen molar-refractivity contribution in [2.75, 3.05) is 5.32 Å². The Hall–Kier alpha value is -1.90. The van der Waals surface area contributed by atoms with Gasteiger partial charge < -0.3 is 5.32 Å². The van der Waals surface area contributed by atoms with E-state index in [1.165, 1.54) is 0 Å². The Balaban J connectivity index is 2.31. The van der Waals surface area contributed by atoms with E-state index in [4.69, 9.17) is 0 Å². The zero-order valence-corrected chi connectivity index (χ0v) is 11.0. The summed E-state index contributed by atoms with van der Waals surface area (Å²) in [7, 11) is 0. The molecule has 94 valence electrons. The SMILES string of the molecule is Cc1ccc2c(NC(=O)CC(C)C)cccc2n1. The van der Waals surface area contributed by atoms with Gasteiger partial charge in [-0.05, 0) is 37.1 Å². The van der Waals surface area contributed by atoms with Crippen LogP contribution in [-0.4, -0.2) is 10.9 Å². The summed E-state index contributed by atoms with van der Waals surface area (Å²) in [5.41, 5.74) is 2.73. The van der Waals surface area contributed by atoms with Crippen LogP contribution in [0.1, 0.15) is 26.0 Å². The van der Waals surface area contributed by atoms with Crippen molar-refractivity contribution in [1.29, 1.82) is 0 Å². The van der Waals surface area contributed by atoms with Gasteiger partial charge in [0.15, 0.2) is 0 Å². The maximum atomic E-state index is 11.8. The minimum atomic E-state index is 0.0538. The summed E-state index contributed by atoms with van der Waals surface area (Å²) in [6.07, 6.45) is 0.537. The highest BCUT2D eigenvalue weighted by Crippen LogP contribution is 2.22. The molecule has 2 aromatic rings. The average Bonchev–Trinajstić information content (AvgIpc) is 2.27. The third kappa shape index (κ3) is 2.86. The lowest BCUT2D eigenvalue weighted by molar-refractivity contribution is -0.116. The van der Waals surface area contributed by atoms with Crippen molar-refractivity contribution in [2.45, 2.75) is 27.2 Å². The number of hydrogen-bond acceptors (Lipinski definition) is 2. The van der Waals surface area contributed by atoms with Gasteiger partial charge in [0.25, 0.3) is 0 Å². The Morgan fingerprint density at radius 3 is 2.78 bits per heavy atom. The standard InChI is InChI=1S/C15H18N2O/c1-10(2)9-15(18)17-14-6-4-5-13-12(14)8-7-11(3)16-13/h4-8,10H,9H2,1-3H3,(H,17,18). The summed E-state index contributed by atoms with van der Waals surface area (Å²) >= 11 is 0. The van der Waals surface area contributed by atoms with E-state index in [0.717, 1.165) is 22.3 Å². The molecule has 0 aliphatic carbocycles. The molecule has 0 bridgehead atoms. The summed E-state index contributed by atoms with van der Waals surface area (Å²) in [5.74, 6) is 0.415. The number of carbonyl (C=O) groups is 1. The van der Waals surface area contributed by atoms with Crippen molar-refractivity contribution in [2.24, 2.45) is 5.92 Å². The minimum Gasteiger partial charge on any atom is -0.325 e. The fourth-order valence-electron chi connectivity index (χ4n) is 1.94. The van der Waals surface area contributed by atoms with Crippen LogP contribution >= 0.6 is 0 Å². The Labute approximate surface area is 107 Å². The second kappa shape index (κ2) is 5.17. The molecular weight excluding hydrogens is 224 g/mol. The van der Waals surface area contributed by atoms with Gasteiger partial charge in [-0.3, -0.25) is 9.78 Å². The first-order valence-electron chi connectivity index (χ1n) is 6.22. The van der Waals surface area contributed by atoms with Gasteiger partial charge in [0.1, 0.15) is 0 Å².